The summed E-state index contributed by atoms with van der Waals surface area (Å²) in [5, 5.41) is 11.6. The number of hydrogen-bond donors (Lipinski definition) is 2. The molecular weight excluding hydrogens is 682 g/mol. The number of benzene rings is 4. The number of nitrogens with zero attached hydrogens (tertiary/aromatic N) is 1. The van der Waals surface area contributed by atoms with E-state index in [4.69, 9.17) is 19.6 Å². The molecule has 240 valence electrons. The van der Waals surface area contributed by atoms with Crippen molar-refractivity contribution in [3.8, 4) is 5.75 Å². The topological polar surface area (TPSA) is 114 Å². The number of hydrogen-bond acceptors (Lipinski definition) is 7. The van der Waals surface area contributed by atoms with Gasteiger partial charge in [-0.25, -0.2) is 22.2 Å². The summed E-state index contributed by atoms with van der Waals surface area (Å²) >= 11 is 3.53. The van der Waals surface area contributed by atoms with Crippen LogP contribution in [0.5, 0.6) is 5.75 Å². The average Bonchev–Trinajstić information content (AvgIpc) is 3.45. The van der Waals surface area contributed by atoms with E-state index < -0.39 is 51.3 Å². The summed E-state index contributed by atoms with van der Waals surface area (Å²) < 4.78 is 68.6. The van der Waals surface area contributed by atoms with Crippen LogP contribution in [0.15, 0.2) is 111 Å². The van der Waals surface area contributed by atoms with Gasteiger partial charge in [0.15, 0.2) is 21.5 Å². The zero-order valence-electron chi connectivity index (χ0n) is 24.5. The lowest BCUT2D eigenvalue weighted by molar-refractivity contribution is -0.129. The first-order valence-electron chi connectivity index (χ1n) is 14.5. The van der Waals surface area contributed by atoms with Gasteiger partial charge in [-0.05, 0) is 54.6 Å². The van der Waals surface area contributed by atoms with Crippen LogP contribution < -0.4 is 10.1 Å². The van der Waals surface area contributed by atoms with Gasteiger partial charge < -0.3 is 19.9 Å². The Balaban J connectivity index is 1.57. The molecule has 12 heteroatoms. The number of amides is 1. The quantitative estimate of drug-likeness (QED) is 0.166. The monoisotopic (exact) mass is 712 g/mol. The second-order valence-corrected chi connectivity index (χ2v) is 13.5. The molecule has 4 aromatic carbocycles. The van der Waals surface area contributed by atoms with E-state index in [0.717, 1.165) is 12.1 Å². The fraction of sp³-hybridized carbons (Fsp3) is 0.235. The zero-order valence-corrected chi connectivity index (χ0v) is 26.9. The van der Waals surface area contributed by atoms with E-state index in [-0.39, 0.29) is 29.4 Å². The maximum absolute atomic E-state index is 14.5. The maximum Gasteiger partial charge on any atom is 0.252 e. The highest BCUT2D eigenvalue weighted by molar-refractivity contribution is 9.10. The van der Waals surface area contributed by atoms with Crippen molar-refractivity contribution in [2.45, 2.75) is 35.9 Å². The molecule has 8 nitrogen and oxygen atoms in total. The molecule has 0 radical (unpaired) electrons. The van der Waals surface area contributed by atoms with Crippen LogP contribution in [-0.2, 0) is 25.9 Å². The van der Waals surface area contributed by atoms with Gasteiger partial charge in [0.2, 0.25) is 5.90 Å². The van der Waals surface area contributed by atoms with Gasteiger partial charge >= 0.3 is 0 Å². The Bertz CT molecular complexity index is 1800. The zero-order chi connectivity index (χ0) is 32.7. The number of nitrogens with one attached hydrogen (secondary N) is 1. The van der Waals surface area contributed by atoms with Crippen LogP contribution in [-0.4, -0.2) is 49.8 Å². The summed E-state index contributed by atoms with van der Waals surface area (Å²) in [6, 6.07) is 25.0. The van der Waals surface area contributed by atoms with E-state index in [0.29, 0.717) is 34.4 Å². The van der Waals surface area contributed by atoms with Crippen LogP contribution in [0.1, 0.15) is 35.6 Å². The van der Waals surface area contributed by atoms with Crippen molar-refractivity contribution in [3.63, 3.8) is 0 Å². The van der Waals surface area contributed by atoms with Gasteiger partial charge in [0.25, 0.3) is 5.91 Å². The summed E-state index contributed by atoms with van der Waals surface area (Å²) in [6.45, 7) is -0.191. The Morgan fingerprint density at radius 3 is 2.30 bits per heavy atom. The van der Waals surface area contributed by atoms with Gasteiger partial charge in [0.05, 0.1) is 17.3 Å². The number of sulfone groups is 1. The first-order chi connectivity index (χ1) is 22.1. The van der Waals surface area contributed by atoms with Gasteiger partial charge in [-0.2, -0.15) is 0 Å². The molecule has 0 saturated heterocycles. The first kappa shape index (κ1) is 33.2. The number of rotatable bonds is 13. The first-order valence-corrected chi connectivity index (χ1v) is 16.9. The SMILES string of the molecule is O=C(NCc1c(F)cccc1F)[C@]1(CCS(=O)(=O)c2ccccc2)N=C(c2ccc(OCCCO)cc2)O[C@@H]1c1ccccc1Br. The fourth-order valence-corrected chi connectivity index (χ4v) is 6.97. The summed E-state index contributed by atoms with van der Waals surface area (Å²) in [5.41, 5.74) is -1.19. The van der Waals surface area contributed by atoms with Crippen LogP contribution in [0, 0.1) is 11.6 Å². The molecule has 0 spiro atoms. The maximum atomic E-state index is 14.5. The molecular formula is C34H31BrF2N2O6S. The molecule has 0 bridgehead atoms. The lowest BCUT2D eigenvalue weighted by atomic mass is 9.85. The Hall–Kier alpha value is -4.13. The molecule has 1 aliphatic rings. The Kier molecular flexibility index (Phi) is 10.5. The molecule has 0 unspecified atom stereocenters. The van der Waals surface area contributed by atoms with Crippen molar-refractivity contribution < 1.29 is 36.6 Å². The van der Waals surface area contributed by atoms with Gasteiger partial charge in [-0.1, -0.05) is 58.4 Å². The highest BCUT2D eigenvalue weighted by Crippen LogP contribution is 2.45. The van der Waals surface area contributed by atoms with Gasteiger partial charge in [-0.15, -0.1) is 0 Å². The minimum absolute atomic E-state index is 0.00709. The molecule has 2 atom stereocenters. The summed E-state index contributed by atoms with van der Waals surface area (Å²) in [6.07, 6.45) is -0.964. The second-order valence-electron chi connectivity index (χ2n) is 10.6. The molecule has 0 saturated carbocycles. The van der Waals surface area contributed by atoms with E-state index in [9.17, 15) is 22.0 Å². The van der Waals surface area contributed by atoms with E-state index in [1.54, 1.807) is 66.7 Å². The highest BCUT2D eigenvalue weighted by atomic mass is 79.9. The molecule has 0 aliphatic carbocycles. The van der Waals surface area contributed by atoms with Crippen LogP contribution in [0.3, 0.4) is 0 Å². The third-order valence-corrected chi connectivity index (χ3v) is 10.0. The smallest absolute Gasteiger partial charge is 0.252 e. The molecule has 1 aliphatic heterocycles. The Morgan fingerprint density at radius 2 is 1.63 bits per heavy atom. The Labute approximate surface area is 274 Å². The minimum Gasteiger partial charge on any atom is -0.494 e. The van der Waals surface area contributed by atoms with Crippen molar-refractivity contribution in [2.24, 2.45) is 4.99 Å². The minimum atomic E-state index is -3.89. The largest absolute Gasteiger partial charge is 0.494 e. The predicted octanol–water partition coefficient (Wildman–Crippen LogP) is 5.93. The summed E-state index contributed by atoms with van der Waals surface area (Å²) in [7, 11) is -3.89. The molecule has 2 N–H and O–H groups in total. The third-order valence-electron chi connectivity index (χ3n) is 7.56. The number of halogens is 3. The number of aliphatic hydroxyl groups excluding tert-OH is 1. The van der Waals surface area contributed by atoms with E-state index >= 15 is 0 Å². The average molecular weight is 714 g/mol. The molecule has 0 fully saturated rings. The van der Waals surface area contributed by atoms with Gasteiger partial charge in [-0.3, -0.25) is 4.79 Å². The van der Waals surface area contributed by atoms with E-state index in [1.807, 2.05) is 0 Å². The fourth-order valence-electron chi connectivity index (χ4n) is 5.09. The van der Waals surface area contributed by atoms with Crippen molar-refractivity contribution in [1.82, 2.24) is 5.32 Å². The second kappa shape index (κ2) is 14.5. The van der Waals surface area contributed by atoms with Gasteiger partial charge in [0.1, 0.15) is 17.4 Å². The standard InChI is InChI=1S/C34H31BrF2N2O6S/c35-28-11-5-4-10-26(28)31-34(18-21-46(42,43)25-8-2-1-3-9-25,33(41)38-22-27-29(36)12-6-13-30(27)37)39-32(45-31)23-14-16-24(17-15-23)44-20-7-19-40/h1-6,8-17,31,40H,7,18-22H2,(H,38,41)/t31-,34-/m1/s1. The number of carbonyl (C=O) groups excluding carboxylic acids is 1. The Morgan fingerprint density at radius 1 is 0.957 bits per heavy atom. The third kappa shape index (κ3) is 7.30. The number of aliphatic imine (C=N–C) groups is 1. The van der Waals surface area contributed by atoms with Crippen molar-refractivity contribution in [2.75, 3.05) is 19.0 Å². The number of ether oxygens (including phenoxy) is 2. The molecule has 5 rings (SSSR count). The molecule has 46 heavy (non-hydrogen) atoms. The number of aliphatic hydroxyl groups is 1. The van der Waals surface area contributed by atoms with E-state index in [2.05, 4.69) is 21.2 Å². The van der Waals surface area contributed by atoms with Crippen LogP contribution in [0.2, 0.25) is 0 Å². The lowest BCUT2D eigenvalue weighted by Gasteiger charge is -2.31. The van der Waals surface area contributed by atoms with Crippen molar-refractivity contribution in [3.05, 3.63) is 130 Å². The summed E-state index contributed by atoms with van der Waals surface area (Å²) in [4.78, 5) is 19.2. The van der Waals surface area contributed by atoms with E-state index in [1.165, 1.54) is 18.2 Å². The predicted molar refractivity (Wildman–Crippen MR) is 172 cm³/mol. The van der Waals surface area contributed by atoms with Crippen LogP contribution in [0.25, 0.3) is 0 Å². The van der Waals surface area contributed by atoms with Crippen molar-refractivity contribution >= 4 is 37.6 Å². The normalized spacial score (nSPS) is 17.7. The van der Waals surface area contributed by atoms with Gasteiger partial charge in [0, 0.05) is 47.2 Å². The number of carbonyl (C=O) groups is 1. The van der Waals surface area contributed by atoms with Crippen LogP contribution >= 0.6 is 15.9 Å². The molecule has 1 amide bonds. The molecule has 4 aromatic rings. The molecule has 0 aromatic heterocycles. The molecule has 1 heterocycles. The van der Waals surface area contributed by atoms with Crippen molar-refractivity contribution in [1.29, 1.82) is 0 Å². The lowest BCUT2D eigenvalue weighted by Crippen LogP contribution is -2.49. The highest BCUT2D eigenvalue weighted by Gasteiger charge is 2.54. The van der Waals surface area contributed by atoms with Crippen LogP contribution in [0.4, 0.5) is 8.78 Å². The summed E-state index contributed by atoms with van der Waals surface area (Å²) in [5.74, 6) is -2.29.